The number of thiazole rings is 1. The predicted octanol–water partition coefficient (Wildman–Crippen LogP) is 7.01. The van der Waals surface area contributed by atoms with Crippen LogP contribution in [0.3, 0.4) is 0 Å². The van der Waals surface area contributed by atoms with Crippen molar-refractivity contribution in [2.45, 2.75) is 32.4 Å². The molecule has 8 heteroatoms. The summed E-state index contributed by atoms with van der Waals surface area (Å²) in [6.45, 7) is 2.27. The number of anilines is 2. The van der Waals surface area contributed by atoms with E-state index in [1.165, 1.54) is 17.4 Å². The molecule has 0 saturated carbocycles. The third kappa shape index (κ3) is 5.51. The summed E-state index contributed by atoms with van der Waals surface area (Å²) in [5, 5.41) is 14.1. The van der Waals surface area contributed by atoms with E-state index >= 15 is 0 Å². The molecule has 0 aliphatic rings. The molecule has 0 fully saturated rings. The highest BCUT2D eigenvalue weighted by Gasteiger charge is 2.34. The Labute approximate surface area is 177 Å². The molecule has 0 aliphatic carbocycles. The average Bonchev–Trinajstić information content (AvgIpc) is 3.20. The van der Waals surface area contributed by atoms with Gasteiger partial charge in [-0.25, -0.2) is 4.98 Å². The molecule has 3 aromatic rings. The van der Waals surface area contributed by atoms with Crippen molar-refractivity contribution < 1.29 is 17.9 Å². The number of nitrogens with one attached hydrogen (secondary N) is 1. The number of halogens is 3. The van der Waals surface area contributed by atoms with Crippen LogP contribution in [0.4, 0.5) is 24.0 Å². The van der Waals surface area contributed by atoms with E-state index in [0.29, 0.717) is 22.8 Å². The molecule has 0 unspecified atom stereocenters. The van der Waals surface area contributed by atoms with Gasteiger partial charge >= 0.3 is 6.18 Å². The second-order valence-corrected chi connectivity index (χ2v) is 7.47. The molecule has 1 aromatic heterocycles. The Balaban J connectivity index is 1.76. The zero-order chi connectivity index (χ0) is 21.6. The van der Waals surface area contributed by atoms with Crippen molar-refractivity contribution in [2.24, 2.45) is 0 Å². The number of rotatable bonds is 8. The molecule has 0 radical (unpaired) electrons. The van der Waals surface area contributed by atoms with Crippen molar-refractivity contribution in [1.29, 1.82) is 5.26 Å². The Bertz CT molecular complexity index is 1020. The van der Waals surface area contributed by atoms with Crippen LogP contribution in [0.25, 0.3) is 11.3 Å². The molecule has 2 aromatic carbocycles. The summed E-state index contributed by atoms with van der Waals surface area (Å²) in [5.74, 6) is -0.165. The van der Waals surface area contributed by atoms with Crippen LogP contribution in [0, 0.1) is 11.3 Å². The highest BCUT2D eigenvalue weighted by molar-refractivity contribution is 7.14. The Hall–Kier alpha value is -3.05. The Morgan fingerprint density at radius 2 is 1.90 bits per heavy atom. The minimum Gasteiger partial charge on any atom is -0.493 e. The van der Waals surface area contributed by atoms with Crippen LogP contribution >= 0.6 is 11.3 Å². The number of ether oxygens (including phenoxy) is 1. The molecule has 3 rings (SSSR count). The molecule has 4 nitrogen and oxygen atoms in total. The largest absolute Gasteiger partial charge is 0.493 e. The van der Waals surface area contributed by atoms with Gasteiger partial charge in [-0.2, -0.15) is 18.4 Å². The number of unbranched alkanes of at least 4 members (excludes halogenated alkanes) is 2. The van der Waals surface area contributed by atoms with Crippen LogP contribution < -0.4 is 10.1 Å². The number of nitrogens with zero attached hydrogens (tertiary/aromatic N) is 2. The minimum atomic E-state index is -4.52. The topological polar surface area (TPSA) is 57.9 Å². The fraction of sp³-hybridized carbons (Fsp3) is 0.273. The first-order valence-electron chi connectivity index (χ1n) is 9.48. The number of hydrogen-bond acceptors (Lipinski definition) is 5. The van der Waals surface area contributed by atoms with Crippen LogP contribution in [-0.4, -0.2) is 11.6 Å². The highest BCUT2D eigenvalue weighted by atomic mass is 32.1. The molecule has 1 N–H and O–H groups in total. The fourth-order valence-electron chi connectivity index (χ4n) is 2.79. The van der Waals surface area contributed by atoms with E-state index < -0.39 is 11.7 Å². The lowest BCUT2D eigenvalue weighted by molar-refractivity contribution is -0.138. The fourth-order valence-corrected chi connectivity index (χ4v) is 3.53. The van der Waals surface area contributed by atoms with Crippen molar-refractivity contribution in [1.82, 2.24) is 4.98 Å². The maximum atomic E-state index is 13.5. The van der Waals surface area contributed by atoms with Gasteiger partial charge in [-0.15, -0.1) is 11.3 Å². The van der Waals surface area contributed by atoms with Gasteiger partial charge in [0.15, 0.2) is 5.13 Å². The second kappa shape index (κ2) is 9.63. The summed E-state index contributed by atoms with van der Waals surface area (Å²) >= 11 is 1.29. The minimum absolute atomic E-state index is 0.165. The lowest BCUT2D eigenvalue weighted by Crippen LogP contribution is -2.10. The number of aromatic nitrogens is 1. The number of alkyl halides is 3. The molecule has 156 valence electrons. The van der Waals surface area contributed by atoms with Crippen LogP contribution in [-0.2, 0) is 6.18 Å². The van der Waals surface area contributed by atoms with Crippen LogP contribution in [0.1, 0.15) is 37.3 Å². The summed E-state index contributed by atoms with van der Waals surface area (Å²) in [4.78, 5) is 4.43. The monoisotopic (exact) mass is 431 g/mol. The third-order valence-electron chi connectivity index (χ3n) is 4.36. The van der Waals surface area contributed by atoms with E-state index in [-0.39, 0.29) is 18.0 Å². The lowest BCUT2D eigenvalue weighted by atomic mass is 10.1. The second-order valence-electron chi connectivity index (χ2n) is 6.62. The zero-order valence-electron chi connectivity index (χ0n) is 16.3. The molecule has 0 bridgehead atoms. The number of nitriles is 1. The smallest absolute Gasteiger partial charge is 0.420 e. The van der Waals surface area contributed by atoms with E-state index in [4.69, 9.17) is 10.00 Å². The summed E-state index contributed by atoms with van der Waals surface area (Å²) in [7, 11) is 0. The third-order valence-corrected chi connectivity index (χ3v) is 5.11. The molecular formula is C22H20F3N3OS. The quantitative estimate of drug-likeness (QED) is 0.390. The molecule has 30 heavy (non-hydrogen) atoms. The summed E-state index contributed by atoms with van der Waals surface area (Å²) in [6.07, 6.45) is -1.93. The van der Waals surface area contributed by atoms with E-state index in [2.05, 4.69) is 16.4 Å². The normalized spacial score (nSPS) is 11.2. The first kappa shape index (κ1) is 21.7. The molecule has 0 saturated heterocycles. The van der Waals surface area contributed by atoms with E-state index in [1.807, 2.05) is 6.92 Å². The molecule has 0 atom stereocenters. The van der Waals surface area contributed by atoms with E-state index in [9.17, 15) is 13.2 Å². The zero-order valence-corrected chi connectivity index (χ0v) is 17.1. The molecule has 1 heterocycles. The van der Waals surface area contributed by atoms with E-state index in [1.54, 1.807) is 35.7 Å². The summed E-state index contributed by atoms with van der Waals surface area (Å²) < 4.78 is 45.8. The SMILES string of the molecule is CCCCCOc1ccc(Nc2nc(-c3ccc(C#N)cc3)cs2)cc1C(F)(F)F. The number of benzene rings is 2. The maximum Gasteiger partial charge on any atom is 0.420 e. The Kier molecular flexibility index (Phi) is 6.95. The summed E-state index contributed by atoms with van der Waals surface area (Å²) in [6, 6.07) is 12.9. The molecule has 0 spiro atoms. The molecule has 0 aliphatic heterocycles. The Morgan fingerprint density at radius 3 is 2.57 bits per heavy atom. The van der Waals surface area contributed by atoms with Gasteiger partial charge in [-0.05, 0) is 36.8 Å². The standard InChI is InChI=1S/C22H20F3N3OS/c1-2-3-4-11-29-20-10-9-17(12-18(20)22(23,24)25)27-21-28-19(14-30-21)16-7-5-15(13-26)6-8-16/h5-10,12,14H,2-4,11H2,1H3,(H,27,28). The van der Waals surface area contributed by atoms with Gasteiger partial charge in [0.05, 0.1) is 29.5 Å². The summed E-state index contributed by atoms with van der Waals surface area (Å²) in [5.41, 5.74) is 1.52. The van der Waals surface area contributed by atoms with Crippen molar-refractivity contribution in [3.63, 3.8) is 0 Å². The van der Waals surface area contributed by atoms with Crippen molar-refractivity contribution >= 4 is 22.2 Å². The van der Waals surface area contributed by atoms with Gasteiger partial charge in [-0.3, -0.25) is 0 Å². The molecular weight excluding hydrogens is 411 g/mol. The number of hydrogen-bond donors (Lipinski definition) is 1. The van der Waals surface area contributed by atoms with Gasteiger partial charge in [0.2, 0.25) is 0 Å². The van der Waals surface area contributed by atoms with Gasteiger partial charge in [0.1, 0.15) is 5.75 Å². The highest BCUT2D eigenvalue weighted by Crippen LogP contribution is 2.39. The van der Waals surface area contributed by atoms with Crippen LogP contribution in [0.5, 0.6) is 5.75 Å². The average molecular weight is 431 g/mol. The van der Waals surface area contributed by atoms with Crippen molar-refractivity contribution in [2.75, 3.05) is 11.9 Å². The Morgan fingerprint density at radius 1 is 1.13 bits per heavy atom. The predicted molar refractivity (Wildman–Crippen MR) is 112 cm³/mol. The van der Waals surface area contributed by atoms with Crippen LogP contribution in [0.2, 0.25) is 0 Å². The van der Waals surface area contributed by atoms with E-state index in [0.717, 1.165) is 24.5 Å². The van der Waals surface area contributed by atoms with Gasteiger partial charge in [-0.1, -0.05) is 31.9 Å². The molecule has 0 amide bonds. The lowest BCUT2D eigenvalue weighted by Gasteiger charge is -2.15. The van der Waals surface area contributed by atoms with Gasteiger partial charge in [0, 0.05) is 16.6 Å². The van der Waals surface area contributed by atoms with Gasteiger partial charge in [0.25, 0.3) is 0 Å². The maximum absolute atomic E-state index is 13.5. The van der Waals surface area contributed by atoms with Gasteiger partial charge < -0.3 is 10.1 Å². The van der Waals surface area contributed by atoms with Crippen molar-refractivity contribution in [3.8, 4) is 23.1 Å². The van der Waals surface area contributed by atoms with Crippen LogP contribution in [0.15, 0.2) is 47.8 Å². The first-order valence-corrected chi connectivity index (χ1v) is 10.4. The van der Waals surface area contributed by atoms with Crippen molar-refractivity contribution in [3.05, 3.63) is 59.0 Å². The first-order chi connectivity index (χ1) is 14.4.